The molecule has 0 aliphatic heterocycles. The Morgan fingerprint density at radius 2 is 1.80 bits per heavy atom. The van der Waals surface area contributed by atoms with Crippen molar-refractivity contribution in [3.8, 4) is 16.9 Å². The number of carboxylic acid groups (broad SMARTS) is 1. The van der Waals surface area contributed by atoms with Crippen LogP contribution in [0.5, 0.6) is 5.75 Å². The molecule has 0 radical (unpaired) electrons. The summed E-state index contributed by atoms with van der Waals surface area (Å²) < 4.78 is 6.53. The highest BCUT2D eigenvalue weighted by Gasteiger charge is 2.05. The van der Waals surface area contributed by atoms with Gasteiger partial charge in [-0.15, -0.1) is 0 Å². The molecule has 104 valence electrons. The molecule has 0 saturated carbocycles. The van der Waals surface area contributed by atoms with Crippen LogP contribution < -0.4 is 10.3 Å². The zero-order chi connectivity index (χ0) is 14.5. The van der Waals surface area contributed by atoms with Crippen molar-refractivity contribution in [3.05, 3.63) is 52.9 Å². The second kappa shape index (κ2) is 6.06. The number of nitrogens with zero attached hydrogens (tertiary/aromatic N) is 1. The maximum atomic E-state index is 11.6. The van der Waals surface area contributed by atoms with Gasteiger partial charge in [-0.3, -0.25) is 9.59 Å². The first-order valence-corrected chi connectivity index (χ1v) is 6.25. The fourth-order valence-electron chi connectivity index (χ4n) is 1.88. The van der Waals surface area contributed by atoms with Gasteiger partial charge < -0.3 is 14.4 Å². The van der Waals surface area contributed by atoms with E-state index < -0.39 is 5.97 Å². The fraction of sp³-hybridized carbons (Fsp3) is 0.200. The van der Waals surface area contributed by atoms with E-state index in [2.05, 4.69) is 0 Å². The number of aliphatic carboxylic acids is 1. The smallest absolute Gasteiger partial charge is 0.323 e. The van der Waals surface area contributed by atoms with Crippen LogP contribution in [0.25, 0.3) is 11.1 Å². The van der Waals surface area contributed by atoms with Crippen molar-refractivity contribution >= 4 is 5.97 Å². The van der Waals surface area contributed by atoms with Crippen LogP contribution in [0.1, 0.15) is 6.92 Å². The van der Waals surface area contributed by atoms with E-state index in [0.29, 0.717) is 6.61 Å². The zero-order valence-electron chi connectivity index (χ0n) is 11.1. The lowest BCUT2D eigenvalue weighted by molar-refractivity contribution is -0.137. The second-order valence-corrected chi connectivity index (χ2v) is 4.24. The summed E-state index contributed by atoms with van der Waals surface area (Å²) in [6, 6.07) is 10.5. The summed E-state index contributed by atoms with van der Waals surface area (Å²) in [5.74, 6) is -0.272. The Balaban J connectivity index is 2.32. The Morgan fingerprint density at radius 3 is 2.40 bits per heavy atom. The Kier molecular flexibility index (Phi) is 4.20. The third-order valence-corrected chi connectivity index (χ3v) is 2.79. The highest BCUT2D eigenvalue weighted by molar-refractivity contribution is 5.67. The summed E-state index contributed by atoms with van der Waals surface area (Å²) in [5.41, 5.74) is 1.35. The van der Waals surface area contributed by atoms with Crippen molar-refractivity contribution in [2.75, 3.05) is 6.61 Å². The molecule has 0 fully saturated rings. The van der Waals surface area contributed by atoms with E-state index in [9.17, 15) is 9.59 Å². The molecule has 0 amide bonds. The van der Waals surface area contributed by atoms with E-state index in [1.807, 2.05) is 31.2 Å². The van der Waals surface area contributed by atoms with Crippen LogP contribution in [0.2, 0.25) is 0 Å². The van der Waals surface area contributed by atoms with Gasteiger partial charge in [-0.05, 0) is 36.2 Å². The van der Waals surface area contributed by atoms with Gasteiger partial charge in [0.1, 0.15) is 12.3 Å². The Hall–Kier alpha value is -2.56. The van der Waals surface area contributed by atoms with Gasteiger partial charge in [0, 0.05) is 12.3 Å². The summed E-state index contributed by atoms with van der Waals surface area (Å²) in [5, 5.41) is 8.77. The normalized spacial score (nSPS) is 10.2. The summed E-state index contributed by atoms with van der Waals surface area (Å²) in [6.07, 6.45) is 1.55. The molecule has 2 rings (SSSR count). The highest BCUT2D eigenvalue weighted by Crippen LogP contribution is 2.21. The molecule has 0 aliphatic carbocycles. The van der Waals surface area contributed by atoms with E-state index >= 15 is 0 Å². The Morgan fingerprint density at radius 1 is 1.15 bits per heavy atom. The van der Waals surface area contributed by atoms with Crippen molar-refractivity contribution in [2.24, 2.45) is 0 Å². The first kappa shape index (κ1) is 13.9. The average Bonchev–Trinajstić information content (AvgIpc) is 2.42. The summed E-state index contributed by atoms with van der Waals surface area (Å²) in [7, 11) is 0. The van der Waals surface area contributed by atoms with Gasteiger partial charge in [-0.25, -0.2) is 0 Å². The van der Waals surface area contributed by atoms with Gasteiger partial charge >= 0.3 is 5.97 Å². The van der Waals surface area contributed by atoms with Gasteiger partial charge in [0.15, 0.2) is 0 Å². The lowest BCUT2D eigenvalue weighted by Gasteiger charge is -2.07. The number of aromatic nitrogens is 1. The van der Waals surface area contributed by atoms with Crippen LogP contribution in [-0.2, 0) is 11.3 Å². The third-order valence-electron chi connectivity index (χ3n) is 2.79. The number of pyridine rings is 1. The minimum Gasteiger partial charge on any atom is -0.494 e. The SMILES string of the molecule is CCOc1ccc(-c2ccc(=O)n(CC(=O)O)c2)cc1. The van der Waals surface area contributed by atoms with Crippen LogP contribution in [0.3, 0.4) is 0 Å². The highest BCUT2D eigenvalue weighted by atomic mass is 16.5. The summed E-state index contributed by atoms with van der Waals surface area (Å²) >= 11 is 0. The maximum absolute atomic E-state index is 11.6. The van der Waals surface area contributed by atoms with E-state index in [1.54, 1.807) is 12.3 Å². The minimum atomic E-state index is -1.05. The third kappa shape index (κ3) is 3.26. The monoisotopic (exact) mass is 273 g/mol. The lowest BCUT2D eigenvalue weighted by Crippen LogP contribution is -2.22. The molecule has 0 aliphatic rings. The molecule has 0 spiro atoms. The molecular formula is C15H15NO4. The molecule has 0 unspecified atom stereocenters. The molecule has 1 aromatic carbocycles. The number of rotatable bonds is 5. The number of carboxylic acids is 1. The van der Waals surface area contributed by atoms with E-state index in [-0.39, 0.29) is 12.1 Å². The lowest BCUT2D eigenvalue weighted by atomic mass is 10.1. The topological polar surface area (TPSA) is 68.5 Å². The van der Waals surface area contributed by atoms with E-state index in [1.165, 1.54) is 10.6 Å². The molecule has 5 heteroatoms. The van der Waals surface area contributed by atoms with Gasteiger partial charge in [0.2, 0.25) is 0 Å². The number of benzene rings is 1. The van der Waals surface area contributed by atoms with Gasteiger partial charge in [-0.2, -0.15) is 0 Å². The van der Waals surface area contributed by atoms with Gasteiger partial charge in [-0.1, -0.05) is 12.1 Å². The van der Waals surface area contributed by atoms with Crippen molar-refractivity contribution in [1.29, 1.82) is 0 Å². The maximum Gasteiger partial charge on any atom is 0.323 e. The number of ether oxygens (including phenoxy) is 1. The first-order valence-electron chi connectivity index (χ1n) is 6.25. The Labute approximate surface area is 116 Å². The Bertz CT molecular complexity index is 658. The predicted octanol–water partition coefficient (Wildman–Crippen LogP) is 2.00. The largest absolute Gasteiger partial charge is 0.494 e. The van der Waals surface area contributed by atoms with Crippen molar-refractivity contribution in [3.63, 3.8) is 0 Å². The minimum absolute atomic E-state index is 0.331. The predicted molar refractivity (Wildman–Crippen MR) is 74.9 cm³/mol. The number of hydrogen-bond acceptors (Lipinski definition) is 3. The molecular weight excluding hydrogens is 258 g/mol. The zero-order valence-corrected chi connectivity index (χ0v) is 11.1. The molecule has 2 aromatic rings. The molecule has 1 aromatic heterocycles. The van der Waals surface area contributed by atoms with Crippen molar-refractivity contribution in [1.82, 2.24) is 4.57 Å². The van der Waals surface area contributed by atoms with Crippen LogP contribution in [0.15, 0.2) is 47.4 Å². The standard InChI is InChI=1S/C15H15NO4/c1-2-20-13-6-3-11(4-7-13)12-5-8-14(17)16(9-12)10-15(18)19/h3-9H,2,10H2,1H3,(H,18,19). The number of carbonyl (C=O) groups is 1. The van der Waals surface area contributed by atoms with Gasteiger partial charge in [0.25, 0.3) is 5.56 Å². The fourth-order valence-corrected chi connectivity index (χ4v) is 1.88. The second-order valence-electron chi connectivity index (χ2n) is 4.24. The van der Waals surface area contributed by atoms with Gasteiger partial charge in [0.05, 0.1) is 6.61 Å². The van der Waals surface area contributed by atoms with Crippen LogP contribution >= 0.6 is 0 Å². The van der Waals surface area contributed by atoms with E-state index in [4.69, 9.17) is 9.84 Å². The molecule has 0 bridgehead atoms. The van der Waals surface area contributed by atoms with Crippen LogP contribution in [-0.4, -0.2) is 22.2 Å². The number of hydrogen-bond donors (Lipinski definition) is 1. The first-order chi connectivity index (χ1) is 9.60. The average molecular weight is 273 g/mol. The van der Waals surface area contributed by atoms with Crippen LogP contribution in [0.4, 0.5) is 0 Å². The summed E-state index contributed by atoms with van der Waals surface area (Å²) in [6.45, 7) is 2.17. The molecule has 5 nitrogen and oxygen atoms in total. The van der Waals surface area contributed by atoms with E-state index in [0.717, 1.165) is 16.9 Å². The molecule has 20 heavy (non-hydrogen) atoms. The van der Waals surface area contributed by atoms with Crippen molar-refractivity contribution in [2.45, 2.75) is 13.5 Å². The quantitative estimate of drug-likeness (QED) is 0.904. The van der Waals surface area contributed by atoms with Crippen LogP contribution in [0, 0.1) is 0 Å². The molecule has 0 saturated heterocycles. The van der Waals surface area contributed by atoms with Crippen molar-refractivity contribution < 1.29 is 14.6 Å². The molecule has 1 N–H and O–H groups in total. The molecule has 1 heterocycles. The summed E-state index contributed by atoms with van der Waals surface area (Å²) in [4.78, 5) is 22.3. The molecule has 0 atom stereocenters.